The predicted molar refractivity (Wildman–Crippen MR) is 274 cm³/mol. The van der Waals surface area contributed by atoms with Gasteiger partial charge in [-0.05, 0) is 141 Å². The Morgan fingerprint density at radius 1 is 0.857 bits per heavy atom. The summed E-state index contributed by atoms with van der Waals surface area (Å²) in [7, 11) is 1.73. The summed E-state index contributed by atoms with van der Waals surface area (Å²) in [6, 6.07) is 28.8. The molecule has 70 heavy (non-hydrogen) atoms. The number of para-hydroxylation sites is 1. The molecule has 0 saturated carbocycles. The van der Waals surface area contributed by atoms with Crippen LogP contribution in [0.4, 0.5) is 22.3 Å². The van der Waals surface area contributed by atoms with E-state index in [1.807, 2.05) is 72.5 Å². The third kappa shape index (κ3) is 10.8. The van der Waals surface area contributed by atoms with Gasteiger partial charge in [0.25, 0.3) is 5.91 Å². The summed E-state index contributed by atoms with van der Waals surface area (Å²) in [4.78, 5) is 76.9. The molecule has 6 aromatic rings. The Bertz CT molecular complexity index is 2980. The van der Waals surface area contributed by atoms with Crippen molar-refractivity contribution in [3.8, 4) is 11.1 Å². The molecule has 4 amide bonds. The lowest BCUT2D eigenvalue weighted by atomic mass is 9.88. The molecule has 6 N–H and O–H groups in total. The number of imide groups is 1. The number of aromatic carboxylic acids is 1. The van der Waals surface area contributed by atoms with Crippen LogP contribution >= 0.6 is 11.3 Å². The first-order chi connectivity index (χ1) is 33.9. The number of anilines is 4. The van der Waals surface area contributed by atoms with Crippen LogP contribution in [0.15, 0.2) is 91.0 Å². The van der Waals surface area contributed by atoms with Gasteiger partial charge in [-0.2, -0.15) is 0 Å². The van der Waals surface area contributed by atoms with Gasteiger partial charge in [0, 0.05) is 54.6 Å². The van der Waals surface area contributed by atoms with Crippen molar-refractivity contribution < 1.29 is 29.1 Å². The Balaban J connectivity index is 0.738. The highest BCUT2D eigenvalue weighted by Gasteiger charge is 2.32. The number of carboxylic acid groups (broad SMARTS) is 1. The first kappa shape index (κ1) is 47.8. The molecule has 0 spiro atoms. The molecule has 2 fully saturated rings. The van der Waals surface area contributed by atoms with Crippen molar-refractivity contribution in [3.05, 3.63) is 130 Å². The SMILES string of the molecule is CNc1cc(NC(=O)CN2CCC(CCCCc3ccc(-c4ccc(N5CCc6cccc(C(=O)Nc7nc8ccccc8s7)c6C5)nc4C(=O)O)c(C)c3)CC2)ccc1C(=N)C1CCC(=O)NC1=O. The minimum Gasteiger partial charge on any atom is -0.476 e. The number of hydrogen-bond acceptors (Lipinski definition) is 12. The lowest BCUT2D eigenvalue weighted by Gasteiger charge is -2.31. The highest BCUT2D eigenvalue weighted by Crippen LogP contribution is 2.34. The maximum atomic E-state index is 13.6. The molecule has 9 rings (SSSR count). The summed E-state index contributed by atoms with van der Waals surface area (Å²) >= 11 is 1.43. The number of aromatic nitrogens is 2. The zero-order valence-corrected chi connectivity index (χ0v) is 40.2. The zero-order chi connectivity index (χ0) is 48.9. The number of benzene rings is 4. The maximum Gasteiger partial charge on any atom is 0.355 e. The Labute approximate surface area is 410 Å². The average Bonchev–Trinajstić information content (AvgIpc) is 3.77. The molecule has 0 bridgehead atoms. The molecule has 15 nitrogen and oxygen atoms in total. The van der Waals surface area contributed by atoms with Gasteiger partial charge in [-0.25, -0.2) is 14.8 Å². The molecule has 5 heterocycles. The van der Waals surface area contributed by atoms with Crippen LogP contribution in [0, 0.1) is 24.2 Å². The second-order valence-corrected chi connectivity index (χ2v) is 19.5. The minimum absolute atomic E-state index is 0.00580. The Hall–Kier alpha value is -7.30. The van der Waals surface area contributed by atoms with Gasteiger partial charge >= 0.3 is 5.97 Å². The van der Waals surface area contributed by atoms with Gasteiger partial charge in [0.05, 0.1) is 28.4 Å². The largest absolute Gasteiger partial charge is 0.476 e. The van der Waals surface area contributed by atoms with Crippen LogP contribution in [0.1, 0.15) is 93.6 Å². The van der Waals surface area contributed by atoms with E-state index in [2.05, 4.69) is 43.3 Å². The van der Waals surface area contributed by atoms with E-state index >= 15 is 0 Å². The van der Waals surface area contributed by atoms with Crippen LogP contribution in [0.3, 0.4) is 0 Å². The van der Waals surface area contributed by atoms with Gasteiger partial charge in [-0.1, -0.05) is 66.6 Å². The summed E-state index contributed by atoms with van der Waals surface area (Å²) < 4.78 is 0.996. The Kier molecular flexibility index (Phi) is 14.4. The van der Waals surface area contributed by atoms with Crippen molar-refractivity contribution in [2.45, 2.75) is 71.3 Å². The number of carboxylic acids is 1. The Morgan fingerprint density at radius 2 is 1.67 bits per heavy atom. The molecule has 0 aliphatic carbocycles. The van der Waals surface area contributed by atoms with Crippen LogP contribution < -0.4 is 26.2 Å². The molecule has 360 valence electrons. The molecule has 3 aliphatic rings. The van der Waals surface area contributed by atoms with Gasteiger partial charge in [0.15, 0.2) is 10.8 Å². The van der Waals surface area contributed by atoms with Gasteiger partial charge < -0.3 is 26.0 Å². The Morgan fingerprint density at radius 3 is 2.44 bits per heavy atom. The molecule has 0 radical (unpaired) electrons. The lowest BCUT2D eigenvalue weighted by Crippen LogP contribution is -2.44. The number of rotatable bonds is 16. The maximum absolute atomic E-state index is 13.6. The number of hydrogen-bond donors (Lipinski definition) is 6. The van der Waals surface area contributed by atoms with Crippen LogP contribution in [-0.4, -0.2) is 88.5 Å². The number of likely N-dealkylation sites (tertiary alicyclic amines) is 1. The summed E-state index contributed by atoms with van der Waals surface area (Å²) in [5.74, 6) is -1.75. The van der Waals surface area contributed by atoms with Crippen molar-refractivity contribution in [1.29, 1.82) is 5.41 Å². The standard InChI is InChI=1S/C54H57N9O6S/c1-32-28-34(9-4-3-8-33-22-25-62(26-23-33)31-48(65)57-36-15-17-40(44(29-36)56-2)49(55)41-19-21-47(64)60-52(41)67)14-16-37(32)38-18-20-46(59-50(38)53(68)69)63-27-24-35-10-7-11-39(42(35)30-63)51(66)61-54-58-43-12-5-6-13-45(43)70-54/h5-7,10-18,20,28-29,33,41,55-56H,3-4,8-9,19,21-27,30-31H2,1-2H3,(H,57,65)(H,68,69)(H,58,61,66)(H,60,64,67). The highest BCUT2D eigenvalue weighted by molar-refractivity contribution is 7.22. The normalized spacial score (nSPS) is 16.4. The third-order valence-corrected chi connectivity index (χ3v) is 14.8. The van der Waals surface area contributed by atoms with Gasteiger partial charge in [0.2, 0.25) is 17.7 Å². The van der Waals surface area contributed by atoms with Gasteiger partial charge in [-0.15, -0.1) is 0 Å². The van der Waals surface area contributed by atoms with Crippen LogP contribution in [0.25, 0.3) is 21.3 Å². The first-order valence-corrected chi connectivity index (χ1v) is 24.9. The van der Waals surface area contributed by atoms with Crippen molar-refractivity contribution in [2.24, 2.45) is 11.8 Å². The number of carbonyl (C=O) groups is 5. The number of nitrogens with one attached hydrogen (secondary N) is 5. The second-order valence-electron chi connectivity index (χ2n) is 18.5. The molecular formula is C54H57N9O6S. The number of thiazole rings is 1. The zero-order valence-electron chi connectivity index (χ0n) is 39.4. The summed E-state index contributed by atoms with van der Waals surface area (Å²) in [5.41, 5.74) is 8.90. The number of carbonyl (C=O) groups excluding carboxylic acids is 4. The number of fused-ring (bicyclic) bond motifs is 2. The van der Waals surface area contributed by atoms with E-state index in [0.717, 1.165) is 84.1 Å². The smallest absolute Gasteiger partial charge is 0.355 e. The second kappa shape index (κ2) is 21.1. The molecule has 1 atom stereocenters. The van der Waals surface area contributed by atoms with Crippen LogP contribution in [-0.2, 0) is 33.8 Å². The van der Waals surface area contributed by atoms with Gasteiger partial charge in [-0.3, -0.25) is 34.7 Å². The number of nitrogens with zero attached hydrogens (tertiary/aromatic N) is 4. The number of pyridine rings is 1. The van der Waals surface area contributed by atoms with E-state index in [0.29, 0.717) is 77.4 Å². The van der Waals surface area contributed by atoms with Crippen molar-refractivity contribution in [3.63, 3.8) is 0 Å². The van der Waals surface area contributed by atoms with E-state index in [-0.39, 0.29) is 35.5 Å². The molecule has 1 unspecified atom stereocenters. The van der Waals surface area contributed by atoms with E-state index in [4.69, 9.17) is 10.4 Å². The fourth-order valence-electron chi connectivity index (χ4n) is 10.1. The molecule has 3 aliphatic heterocycles. The minimum atomic E-state index is -1.10. The molecule has 4 aromatic carbocycles. The number of unbranched alkanes of at least 4 members (excludes halogenated alkanes) is 1. The topological polar surface area (TPSA) is 210 Å². The molecule has 2 aromatic heterocycles. The first-order valence-electron chi connectivity index (χ1n) is 24.0. The summed E-state index contributed by atoms with van der Waals surface area (Å²) in [6.07, 6.45) is 7.46. The average molecular weight is 960 g/mol. The molecular weight excluding hydrogens is 903 g/mol. The van der Waals surface area contributed by atoms with E-state index < -0.39 is 17.8 Å². The van der Waals surface area contributed by atoms with E-state index in [1.54, 1.807) is 25.2 Å². The van der Waals surface area contributed by atoms with E-state index in [1.165, 1.54) is 16.9 Å². The van der Waals surface area contributed by atoms with Crippen LogP contribution in [0.5, 0.6) is 0 Å². The fourth-order valence-corrected chi connectivity index (χ4v) is 10.9. The predicted octanol–water partition coefficient (Wildman–Crippen LogP) is 8.71. The molecule has 16 heteroatoms. The third-order valence-electron chi connectivity index (χ3n) is 13.9. The van der Waals surface area contributed by atoms with Crippen LogP contribution in [0.2, 0.25) is 0 Å². The monoisotopic (exact) mass is 959 g/mol. The molecule has 2 saturated heterocycles. The fraction of sp³-hybridized carbons (Fsp3) is 0.333. The number of amides is 4. The number of piperidine rings is 2. The lowest BCUT2D eigenvalue weighted by molar-refractivity contribution is -0.134. The summed E-state index contributed by atoms with van der Waals surface area (Å²) in [5, 5.41) is 31.0. The van der Waals surface area contributed by atoms with Crippen molar-refractivity contribution in [1.82, 2.24) is 20.2 Å². The van der Waals surface area contributed by atoms with Crippen molar-refractivity contribution >= 4 is 79.2 Å². The van der Waals surface area contributed by atoms with Crippen molar-refractivity contribution in [2.75, 3.05) is 54.1 Å². The summed E-state index contributed by atoms with van der Waals surface area (Å²) in [6.45, 7) is 5.07. The number of aryl methyl sites for hydroxylation is 2. The van der Waals surface area contributed by atoms with E-state index in [9.17, 15) is 29.1 Å². The highest BCUT2D eigenvalue weighted by atomic mass is 32.1. The quantitative estimate of drug-likeness (QED) is 0.0307. The van der Waals surface area contributed by atoms with Gasteiger partial charge in [0.1, 0.15) is 5.82 Å².